The molecule has 0 amide bonds. The Kier molecular flexibility index (Phi) is 4.39. The number of thiazole rings is 1. The lowest BCUT2D eigenvalue weighted by Crippen LogP contribution is -2.42. The summed E-state index contributed by atoms with van der Waals surface area (Å²) in [6, 6.07) is 0. The highest BCUT2D eigenvalue weighted by atomic mass is 32.1. The monoisotopic (exact) mass is 318 g/mol. The van der Waals surface area contributed by atoms with Crippen molar-refractivity contribution in [3.8, 4) is 0 Å². The van der Waals surface area contributed by atoms with Crippen LogP contribution in [0.1, 0.15) is 0 Å². The summed E-state index contributed by atoms with van der Waals surface area (Å²) >= 11 is 0.623. The van der Waals surface area contributed by atoms with Gasteiger partial charge in [0.15, 0.2) is 0 Å². The molecule has 2 rings (SSSR count). The van der Waals surface area contributed by atoms with E-state index in [0.717, 1.165) is 4.57 Å². The van der Waals surface area contributed by atoms with E-state index in [0.29, 0.717) is 11.3 Å². The quantitative estimate of drug-likeness (QED) is 0.334. The van der Waals surface area contributed by atoms with Crippen LogP contribution < -0.4 is 16.2 Å². The fraction of sp³-hybridized carbons (Fsp3) is 0.500. The fourth-order valence-corrected chi connectivity index (χ4v) is 2.65. The summed E-state index contributed by atoms with van der Waals surface area (Å²) in [6.45, 7) is -1.14. The molecule has 116 valence electrons. The van der Waals surface area contributed by atoms with E-state index in [4.69, 9.17) is 10.8 Å². The molecule has 0 fully saturated rings. The van der Waals surface area contributed by atoms with E-state index < -0.39 is 41.9 Å². The van der Waals surface area contributed by atoms with Crippen LogP contribution in [0, 0.1) is 0 Å². The summed E-state index contributed by atoms with van der Waals surface area (Å²) in [6.07, 6.45) is -4.73. The number of aliphatic hydroxyl groups is 4. The van der Waals surface area contributed by atoms with Crippen molar-refractivity contribution in [2.75, 3.05) is 12.3 Å². The number of fused-ring (bicyclic) bond motifs is 1. The summed E-state index contributed by atoms with van der Waals surface area (Å²) in [7, 11) is 0. The molecule has 21 heavy (non-hydrogen) atoms. The Bertz CT molecular complexity index is 752. The predicted molar refractivity (Wildman–Crippen MR) is 74.0 cm³/mol. The maximum atomic E-state index is 11.8. The molecule has 0 saturated heterocycles. The zero-order chi connectivity index (χ0) is 15.7. The van der Waals surface area contributed by atoms with Crippen molar-refractivity contribution in [2.24, 2.45) is 0 Å². The molecule has 0 spiro atoms. The molecule has 3 atom stereocenters. The second-order valence-corrected chi connectivity index (χ2v) is 5.35. The lowest BCUT2D eigenvalue weighted by atomic mass is 10.1. The number of hydrogen-bond donors (Lipinski definition) is 6. The SMILES string of the molecule is Nc1nc(=O)c2sc(=O)n(C[C@H](O)[C@H](O)[C@H](O)CO)c2[nH]1. The van der Waals surface area contributed by atoms with Gasteiger partial charge in [-0.3, -0.25) is 14.2 Å². The molecular weight excluding hydrogens is 304 g/mol. The Morgan fingerprint density at radius 2 is 1.95 bits per heavy atom. The van der Waals surface area contributed by atoms with Crippen molar-refractivity contribution in [1.82, 2.24) is 14.5 Å². The molecule has 0 saturated carbocycles. The first-order chi connectivity index (χ1) is 9.85. The maximum absolute atomic E-state index is 11.8. The van der Waals surface area contributed by atoms with Crippen LogP contribution in [0.25, 0.3) is 10.3 Å². The van der Waals surface area contributed by atoms with Crippen LogP contribution in [0.4, 0.5) is 5.95 Å². The van der Waals surface area contributed by atoms with Gasteiger partial charge in [-0.1, -0.05) is 11.3 Å². The highest BCUT2D eigenvalue weighted by molar-refractivity contribution is 7.16. The van der Waals surface area contributed by atoms with Crippen molar-refractivity contribution in [3.05, 3.63) is 20.0 Å². The minimum absolute atomic E-state index is 0.0404. The van der Waals surface area contributed by atoms with Gasteiger partial charge < -0.3 is 31.1 Å². The Balaban J connectivity index is 2.41. The topological polar surface area (TPSA) is 175 Å². The number of nitrogens with two attached hydrogens (primary N) is 1. The summed E-state index contributed by atoms with van der Waals surface area (Å²) in [5.41, 5.74) is 4.80. The maximum Gasteiger partial charge on any atom is 0.309 e. The molecule has 0 bridgehead atoms. The van der Waals surface area contributed by atoms with Gasteiger partial charge in [-0.25, -0.2) is 0 Å². The molecule has 11 heteroatoms. The molecule has 0 unspecified atom stereocenters. The average molecular weight is 318 g/mol. The standard InChI is InChI=1S/C10H14N4O6S/c11-9-12-7-6(8(19)13-9)21-10(20)14(7)1-3(16)5(18)4(17)2-15/h3-5,15-18H,1-2H2,(H3,11,12,13,19)/t3-,4+,5-/m0/s1. The number of aliphatic hydroxyl groups excluding tert-OH is 4. The minimum Gasteiger partial charge on any atom is -0.394 e. The molecule has 0 aromatic carbocycles. The van der Waals surface area contributed by atoms with Gasteiger partial charge in [-0.05, 0) is 0 Å². The van der Waals surface area contributed by atoms with Crippen LogP contribution in [0.2, 0.25) is 0 Å². The van der Waals surface area contributed by atoms with Crippen molar-refractivity contribution in [2.45, 2.75) is 24.9 Å². The van der Waals surface area contributed by atoms with Gasteiger partial charge in [-0.15, -0.1) is 0 Å². The third-order valence-electron chi connectivity index (χ3n) is 2.90. The van der Waals surface area contributed by atoms with Crippen LogP contribution in [0.15, 0.2) is 9.59 Å². The van der Waals surface area contributed by atoms with E-state index in [1.54, 1.807) is 0 Å². The van der Waals surface area contributed by atoms with E-state index in [1.165, 1.54) is 0 Å². The molecule has 2 aromatic rings. The number of hydrogen-bond acceptors (Lipinski definition) is 9. The average Bonchev–Trinajstić information content (AvgIpc) is 2.74. The first-order valence-corrected chi connectivity index (χ1v) is 6.71. The Hall–Kier alpha value is -1.79. The van der Waals surface area contributed by atoms with Gasteiger partial charge in [0.05, 0.1) is 13.2 Å². The second-order valence-electron chi connectivity index (χ2n) is 4.39. The third kappa shape index (κ3) is 2.96. The van der Waals surface area contributed by atoms with Crippen LogP contribution in [0.5, 0.6) is 0 Å². The summed E-state index contributed by atoms with van der Waals surface area (Å²) in [4.78, 5) is 28.9. The van der Waals surface area contributed by atoms with Crippen molar-refractivity contribution in [3.63, 3.8) is 0 Å². The second kappa shape index (κ2) is 5.91. The van der Waals surface area contributed by atoms with Gasteiger partial charge in [0.1, 0.15) is 28.7 Å². The van der Waals surface area contributed by atoms with E-state index in [9.17, 15) is 24.9 Å². The normalized spacial score (nSPS) is 16.0. The number of rotatable bonds is 5. The van der Waals surface area contributed by atoms with Gasteiger partial charge in [-0.2, -0.15) is 4.98 Å². The molecule has 0 radical (unpaired) electrons. The number of aromatic amines is 1. The zero-order valence-corrected chi connectivity index (χ0v) is 11.4. The highest BCUT2D eigenvalue weighted by Gasteiger charge is 2.26. The lowest BCUT2D eigenvalue weighted by molar-refractivity contribution is -0.0804. The number of H-pyrrole nitrogens is 1. The van der Waals surface area contributed by atoms with E-state index in [2.05, 4.69) is 9.97 Å². The van der Waals surface area contributed by atoms with E-state index >= 15 is 0 Å². The van der Waals surface area contributed by atoms with E-state index in [-0.39, 0.29) is 16.3 Å². The summed E-state index contributed by atoms with van der Waals surface area (Å²) in [5.74, 6) is -0.190. The van der Waals surface area contributed by atoms with Crippen molar-refractivity contribution >= 4 is 27.6 Å². The first kappa shape index (κ1) is 15.6. The molecule has 2 aromatic heterocycles. The summed E-state index contributed by atoms with van der Waals surface area (Å²) in [5, 5.41) is 37.4. The molecule has 10 nitrogen and oxygen atoms in total. The molecular formula is C10H14N4O6S. The van der Waals surface area contributed by atoms with Crippen molar-refractivity contribution < 1.29 is 20.4 Å². The predicted octanol–water partition coefficient (Wildman–Crippen LogP) is -3.20. The van der Waals surface area contributed by atoms with Gasteiger partial charge in [0, 0.05) is 0 Å². The van der Waals surface area contributed by atoms with Gasteiger partial charge in [0.2, 0.25) is 5.95 Å². The largest absolute Gasteiger partial charge is 0.394 e. The molecule has 0 aliphatic carbocycles. The molecule has 0 aliphatic heterocycles. The number of anilines is 1. The molecule has 0 aliphatic rings. The highest BCUT2D eigenvalue weighted by Crippen LogP contribution is 2.12. The van der Waals surface area contributed by atoms with Crippen molar-refractivity contribution in [1.29, 1.82) is 0 Å². The zero-order valence-electron chi connectivity index (χ0n) is 10.6. The first-order valence-electron chi connectivity index (χ1n) is 5.89. The van der Waals surface area contributed by atoms with Crippen LogP contribution in [0.3, 0.4) is 0 Å². The van der Waals surface area contributed by atoms with Gasteiger partial charge in [0.25, 0.3) is 5.56 Å². The van der Waals surface area contributed by atoms with Crippen LogP contribution in [-0.4, -0.2) is 59.9 Å². The lowest BCUT2D eigenvalue weighted by Gasteiger charge is -2.21. The van der Waals surface area contributed by atoms with E-state index in [1.807, 2.05) is 0 Å². The fourth-order valence-electron chi connectivity index (χ4n) is 1.81. The Morgan fingerprint density at radius 3 is 2.57 bits per heavy atom. The Morgan fingerprint density at radius 1 is 1.29 bits per heavy atom. The number of nitrogens with zero attached hydrogens (tertiary/aromatic N) is 2. The molecule has 7 N–H and O–H groups in total. The summed E-state index contributed by atoms with van der Waals surface area (Å²) < 4.78 is 1.05. The Labute approximate surface area is 120 Å². The minimum atomic E-state index is -1.65. The molecule has 2 heterocycles. The third-order valence-corrected chi connectivity index (χ3v) is 3.87. The number of nitrogens with one attached hydrogen (secondary N) is 1. The van der Waals surface area contributed by atoms with Crippen LogP contribution in [-0.2, 0) is 6.54 Å². The number of nitrogen functional groups attached to an aromatic ring is 1. The van der Waals surface area contributed by atoms with Crippen LogP contribution >= 0.6 is 11.3 Å². The smallest absolute Gasteiger partial charge is 0.309 e. The number of aromatic nitrogens is 3. The van der Waals surface area contributed by atoms with Gasteiger partial charge >= 0.3 is 4.87 Å².